The van der Waals surface area contributed by atoms with E-state index in [0.717, 1.165) is 63.7 Å². The van der Waals surface area contributed by atoms with Crippen LogP contribution in [0.4, 0.5) is 0 Å². The number of rotatable bonds is 5. The highest BCUT2D eigenvalue weighted by Gasteiger charge is 2.43. The Morgan fingerprint density at radius 2 is 2.12 bits per heavy atom. The van der Waals surface area contributed by atoms with Gasteiger partial charge in [-0.05, 0) is 56.4 Å². The van der Waals surface area contributed by atoms with E-state index in [1.807, 2.05) is 17.9 Å². The number of carbonyl (C=O) groups is 1. The molecule has 3 heterocycles. The third-order valence-electron chi connectivity index (χ3n) is 5.81. The maximum Gasteiger partial charge on any atom is 0.289 e. The van der Waals surface area contributed by atoms with Crippen LogP contribution in [0.3, 0.4) is 0 Å². The van der Waals surface area contributed by atoms with E-state index in [9.17, 15) is 4.79 Å². The molecule has 3 aliphatic rings. The summed E-state index contributed by atoms with van der Waals surface area (Å²) >= 11 is 0. The van der Waals surface area contributed by atoms with E-state index in [1.54, 1.807) is 6.26 Å². The van der Waals surface area contributed by atoms with Crippen molar-refractivity contribution in [2.75, 3.05) is 32.9 Å². The van der Waals surface area contributed by atoms with Crippen LogP contribution >= 0.6 is 0 Å². The number of furan rings is 1. The van der Waals surface area contributed by atoms with Crippen molar-refractivity contribution in [1.29, 1.82) is 0 Å². The van der Waals surface area contributed by atoms with Crippen LogP contribution in [-0.2, 0) is 9.47 Å². The molecule has 2 saturated heterocycles. The zero-order valence-electron chi connectivity index (χ0n) is 14.5. The first kappa shape index (κ1) is 16.2. The van der Waals surface area contributed by atoms with Crippen LogP contribution in [0.1, 0.15) is 48.2 Å². The van der Waals surface area contributed by atoms with Gasteiger partial charge in [-0.2, -0.15) is 0 Å². The van der Waals surface area contributed by atoms with Gasteiger partial charge < -0.3 is 18.8 Å². The molecule has 1 amide bonds. The van der Waals surface area contributed by atoms with Crippen molar-refractivity contribution in [1.82, 2.24) is 4.90 Å². The number of ether oxygens (including phenoxy) is 2. The number of hydrogen-bond acceptors (Lipinski definition) is 4. The van der Waals surface area contributed by atoms with Crippen molar-refractivity contribution in [3.05, 3.63) is 23.7 Å². The number of piperidine rings is 1. The molecule has 1 aliphatic carbocycles. The lowest BCUT2D eigenvalue weighted by atomic mass is 9.76. The standard InChI is InChI=1S/C19H27NO4/c1-14-4-9-23-17(14)18(21)20-7-5-19(6-8-20)10-16(24-13-19)12-22-11-15-2-3-15/h4,9,15-16H,2-3,5-8,10-13H2,1H3/t16-/m1/s1. The summed E-state index contributed by atoms with van der Waals surface area (Å²) < 4.78 is 17.1. The molecule has 4 rings (SSSR count). The summed E-state index contributed by atoms with van der Waals surface area (Å²) in [5.74, 6) is 1.32. The summed E-state index contributed by atoms with van der Waals surface area (Å²) in [4.78, 5) is 14.5. The fraction of sp³-hybridized carbons (Fsp3) is 0.737. The molecule has 132 valence electrons. The third-order valence-corrected chi connectivity index (χ3v) is 5.81. The number of amides is 1. The van der Waals surface area contributed by atoms with E-state index in [2.05, 4.69) is 0 Å². The van der Waals surface area contributed by atoms with E-state index >= 15 is 0 Å². The van der Waals surface area contributed by atoms with Crippen molar-refractivity contribution in [2.24, 2.45) is 11.3 Å². The Morgan fingerprint density at radius 1 is 1.33 bits per heavy atom. The number of hydrogen-bond donors (Lipinski definition) is 0. The Labute approximate surface area is 143 Å². The van der Waals surface area contributed by atoms with Crippen LogP contribution < -0.4 is 0 Å². The van der Waals surface area contributed by atoms with E-state index < -0.39 is 0 Å². The van der Waals surface area contributed by atoms with Gasteiger partial charge in [-0.3, -0.25) is 4.79 Å². The maximum absolute atomic E-state index is 12.5. The molecule has 3 fully saturated rings. The highest BCUT2D eigenvalue weighted by molar-refractivity contribution is 5.92. The van der Waals surface area contributed by atoms with Crippen LogP contribution in [0.15, 0.2) is 16.7 Å². The van der Waals surface area contributed by atoms with Crippen LogP contribution in [0.25, 0.3) is 0 Å². The molecule has 1 aromatic heterocycles. The lowest BCUT2D eigenvalue weighted by Crippen LogP contribution is -2.43. The Kier molecular flexibility index (Phi) is 4.39. The molecule has 0 aromatic carbocycles. The lowest BCUT2D eigenvalue weighted by molar-refractivity contribution is 0.00930. The van der Waals surface area contributed by atoms with Gasteiger partial charge in [0.25, 0.3) is 5.91 Å². The van der Waals surface area contributed by atoms with Crippen LogP contribution in [-0.4, -0.2) is 49.8 Å². The second kappa shape index (κ2) is 6.52. The Hall–Kier alpha value is -1.33. The molecular weight excluding hydrogens is 306 g/mol. The minimum Gasteiger partial charge on any atom is -0.459 e. The molecule has 5 heteroatoms. The summed E-state index contributed by atoms with van der Waals surface area (Å²) in [7, 11) is 0. The van der Waals surface area contributed by atoms with Crippen LogP contribution in [0.5, 0.6) is 0 Å². The predicted molar refractivity (Wildman–Crippen MR) is 88.9 cm³/mol. The van der Waals surface area contributed by atoms with Gasteiger partial charge in [0.05, 0.1) is 25.6 Å². The Balaban J connectivity index is 1.26. The smallest absolute Gasteiger partial charge is 0.289 e. The van der Waals surface area contributed by atoms with Gasteiger partial charge in [-0.25, -0.2) is 0 Å². The van der Waals surface area contributed by atoms with Crippen molar-refractivity contribution < 1.29 is 18.7 Å². The average molecular weight is 333 g/mol. The van der Waals surface area contributed by atoms with E-state index in [0.29, 0.717) is 5.76 Å². The first-order valence-corrected chi connectivity index (χ1v) is 9.18. The SMILES string of the molecule is Cc1ccoc1C(=O)N1CCC2(CC1)CO[C@@H](COCC1CC1)C2. The van der Waals surface area contributed by atoms with Gasteiger partial charge in [0.15, 0.2) is 5.76 Å². The van der Waals surface area contributed by atoms with E-state index in [4.69, 9.17) is 13.9 Å². The van der Waals surface area contributed by atoms with Gasteiger partial charge in [-0.15, -0.1) is 0 Å². The predicted octanol–water partition coefficient (Wildman–Crippen LogP) is 3.03. The topological polar surface area (TPSA) is 51.9 Å². The molecule has 0 N–H and O–H groups in total. The summed E-state index contributed by atoms with van der Waals surface area (Å²) in [6.45, 7) is 5.94. The first-order chi connectivity index (χ1) is 11.7. The quantitative estimate of drug-likeness (QED) is 0.831. The number of likely N-dealkylation sites (tertiary alicyclic amines) is 1. The number of carbonyl (C=O) groups excluding carboxylic acids is 1. The molecule has 0 radical (unpaired) electrons. The van der Waals surface area contributed by atoms with Crippen molar-refractivity contribution in [2.45, 2.75) is 45.1 Å². The van der Waals surface area contributed by atoms with Gasteiger partial charge in [0.1, 0.15) is 0 Å². The molecule has 0 bridgehead atoms. The number of nitrogens with zero attached hydrogens (tertiary/aromatic N) is 1. The fourth-order valence-corrected chi connectivity index (χ4v) is 3.92. The molecule has 1 spiro atoms. The van der Waals surface area contributed by atoms with Crippen molar-refractivity contribution in [3.63, 3.8) is 0 Å². The van der Waals surface area contributed by atoms with E-state index in [1.165, 1.54) is 12.8 Å². The van der Waals surface area contributed by atoms with Crippen LogP contribution in [0.2, 0.25) is 0 Å². The molecule has 5 nitrogen and oxygen atoms in total. The van der Waals surface area contributed by atoms with Gasteiger partial charge in [0.2, 0.25) is 0 Å². The molecule has 0 unspecified atom stereocenters. The minimum atomic E-state index is 0.0237. The molecule has 1 aromatic rings. The van der Waals surface area contributed by atoms with Crippen molar-refractivity contribution in [3.8, 4) is 0 Å². The zero-order valence-corrected chi connectivity index (χ0v) is 14.5. The molecular formula is C19H27NO4. The molecule has 1 atom stereocenters. The molecule has 24 heavy (non-hydrogen) atoms. The van der Waals surface area contributed by atoms with Crippen molar-refractivity contribution >= 4 is 5.91 Å². The maximum atomic E-state index is 12.5. The third kappa shape index (κ3) is 3.38. The Bertz CT molecular complexity index is 584. The molecule has 2 aliphatic heterocycles. The fourth-order valence-electron chi connectivity index (χ4n) is 3.92. The van der Waals surface area contributed by atoms with Crippen LogP contribution in [0, 0.1) is 18.3 Å². The second-order valence-corrected chi connectivity index (χ2v) is 7.84. The summed E-state index contributed by atoms with van der Waals surface area (Å²) in [5, 5.41) is 0. The zero-order chi connectivity index (χ0) is 16.6. The number of aryl methyl sites for hydroxylation is 1. The van der Waals surface area contributed by atoms with Gasteiger partial charge in [-0.1, -0.05) is 0 Å². The molecule has 1 saturated carbocycles. The Morgan fingerprint density at radius 3 is 2.79 bits per heavy atom. The van der Waals surface area contributed by atoms with E-state index in [-0.39, 0.29) is 17.4 Å². The average Bonchev–Trinajstić information content (AvgIpc) is 3.18. The second-order valence-electron chi connectivity index (χ2n) is 7.84. The summed E-state index contributed by atoms with van der Waals surface area (Å²) in [6.07, 6.45) is 7.57. The summed E-state index contributed by atoms with van der Waals surface area (Å²) in [6, 6.07) is 1.84. The normalized spacial score (nSPS) is 26.2. The highest BCUT2D eigenvalue weighted by atomic mass is 16.5. The monoisotopic (exact) mass is 333 g/mol. The first-order valence-electron chi connectivity index (χ1n) is 9.18. The minimum absolute atomic E-state index is 0.0237. The largest absolute Gasteiger partial charge is 0.459 e. The summed E-state index contributed by atoms with van der Waals surface area (Å²) in [5.41, 5.74) is 1.15. The van der Waals surface area contributed by atoms with Gasteiger partial charge >= 0.3 is 0 Å². The van der Waals surface area contributed by atoms with Gasteiger partial charge in [0, 0.05) is 25.3 Å². The highest BCUT2D eigenvalue weighted by Crippen LogP contribution is 2.42. The lowest BCUT2D eigenvalue weighted by Gasteiger charge is -2.38.